The Bertz CT molecular complexity index is 347. The second kappa shape index (κ2) is 4.24. The molecule has 0 spiro atoms. The lowest BCUT2D eigenvalue weighted by molar-refractivity contribution is 1.68. The summed E-state index contributed by atoms with van der Waals surface area (Å²) in [7, 11) is -2.52. The third-order valence-electron chi connectivity index (χ3n) is 3.46. The molecule has 0 aliphatic carbocycles. The first-order chi connectivity index (χ1) is 6.64. The predicted molar refractivity (Wildman–Crippen MR) is 76.9 cm³/mol. The van der Waals surface area contributed by atoms with Crippen molar-refractivity contribution in [3.05, 3.63) is 28.2 Å². The number of hydrogen-bond acceptors (Lipinski definition) is 0. The van der Waals surface area contributed by atoms with Gasteiger partial charge in [0.05, 0.1) is 7.59 Å². The fourth-order valence-electron chi connectivity index (χ4n) is 1.35. The average molecular weight is 277 g/mol. The third-order valence-corrected chi connectivity index (χ3v) is 21.5. The maximum Gasteiger partial charge on any atom is 0.0737 e. The van der Waals surface area contributed by atoms with Crippen LogP contribution in [0, 0.1) is 0 Å². The summed E-state index contributed by atoms with van der Waals surface area (Å²) >= 11 is 12.1. The molecule has 1 aromatic rings. The van der Waals surface area contributed by atoms with Gasteiger partial charge in [-0.2, -0.15) is 0 Å². The Balaban J connectivity index is 3.27. The smallest absolute Gasteiger partial charge is 0.0737 e. The Morgan fingerprint density at radius 1 is 0.800 bits per heavy atom. The highest BCUT2D eigenvalue weighted by Crippen LogP contribution is 2.22. The van der Waals surface area contributed by atoms with E-state index in [1.54, 1.807) is 6.07 Å². The minimum atomic E-state index is -1.37. The van der Waals surface area contributed by atoms with E-state index in [0.717, 1.165) is 10.0 Å². The Kier molecular flexibility index (Phi) is 3.76. The summed E-state index contributed by atoms with van der Waals surface area (Å²) in [6, 6.07) is 6.00. The highest BCUT2D eigenvalue weighted by molar-refractivity contribution is 7.45. The molecule has 0 atom stereocenters. The molecular weight excluding hydrogens is 259 g/mol. The van der Waals surface area contributed by atoms with Crippen molar-refractivity contribution in [2.45, 2.75) is 32.7 Å². The Morgan fingerprint density at radius 3 is 1.53 bits per heavy atom. The molecule has 0 unspecified atom stereocenters. The van der Waals surface area contributed by atoms with Crippen LogP contribution in [0.4, 0.5) is 0 Å². The van der Waals surface area contributed by atoms with Crippen LogP contribution in [-0.2, 0) is 0 Å². The maximum absolute atomic E-state index is 6.06. The van der Waals surface area contributed by atoms with Gasteiger partial charge in [-0.05, 0) is 18.2 Å². The quantitative estimate of drug-likeness (QED) is 0.706. The Morgan fingerprint density at radius 2 is 1.20 bits per heavy atom. The van der Waals surface area contributed by atoms with Crippen LogP contribution in [0.15, 0.2) is 18.2 Å². The van der Waals surface area contributed by atoms with Crippen LogP contribution < -0.4 is 5.19 Å². The minimum Gasteiger partial charge on any atom is -0.0843 e. The monoisotopic (exact) mass is 276 g/mol. The van der Waals surface area contributed by atoms with E-state index in [9.17, 15) is 0 Å². The zero-order valence-electron chi connectivity index (χ0n) is 9.99. The highest BCUT2D eigenvalue weighted by Gasteiger charge is 2.38. The fraction of sp³-hybridized carbons (Fsp3) is 0.455. The second-order valence-electron chi connectivity index (χ2n) is 5.53. The molecule has 0 nitrogen and oxygen atoms in total. The van der Waals surface area contributed by atoms with Crippen LogP contribution >= 0.6 is 23.2 Å². The minimum absolute atomic E-state index is 0.760. The summed E-state index contributed by atoms with van der Waals surface area (Å²) in [4.78, 5) is 0. The van der Waals surface area contributed by atoms with E-state index >= 15 is 0 Å². The van der Waals surface area contributed by atoms with Gasteiger partial charge in [-0.1, -0.05) is 61.1 Å². The molecule has 1 aromatic carbocycles. The summed E-state index contributed by atoms with van der Waals surface area (Å²) in [5, 5.41) is 2.91. The first kappa shape index (κ1) is 13.3. The highest BCUT2D eigenvalue weighted by atomic mass is 35.5. The topological polar surface area (TPSA) is 0 Å². The van der Waals surface area contributed by atoms with Crippen LogP contribution in [0.5, 0.6) is 0 Å². The maximum atomic E-state index is 6.06. The average Bonchev–Trinajstić information content (AvgIpc) is 1.99. The summed E-state index contributed by atoms with van der Waals surface area (Å²) in [5.41, 5.74) is 0. The summed E-state index contributed by atoms with van der Waals surface area (Å²) in [6.07, 6.45) is 0. The molecule has 0 bridgehead atoms. The number of halogens is 2. The van der Waals surface area contributed by atoms with Gasteiger partial charge in [0.1, 0.15) is 0 Å². The van der Waals surface area contributed by atoms with E-state index in [1.807, 2.05) is 0 Å². The fourth-order valence-corrected chi connectivity index (χ4v) is 6.99. The van der Waals surface area contributed by atoms with Gasteiger partial charge in [0.2, 0.25) is 0 Å². The largest absolute Gasteiger partial charge is 0.0843 e. The summed E-state index contributed by atoms with van der Waals surface area (Å²) < 4.78 is 0. The van der Waals surface area contributed by atoms with Crippen molar-refractivity contribution >= 4 is 43.6 Å². The number of rotatable bonds is 2. The van der Waals surface area contributed by atoms with Crippen molar-refractivity contribution in [3.8, 4) is 0 Å². The zero-order chi connectivity index (χ0) is 11.9. The van der Waals surface area contributed by atoms with Crippen molar-refractivity contribution in [1.29, 1.82) is 0 Å². The van der Waals surface area contributed by atoms with Crippen LogP contribution in [0.3, 0.4) is 0 Å². The van der Waals surface area contributed by atoms with Crippen LogP contribution in [-0.4, -0.2) is 15.2 Å². The molecule has 0 saturated carbocycles. The van der Waals surface area contributed by atoms with Crippen molar-refractivity contribution in [1.82, 2.24) is 0 Å². The molecule has 0 amide bonds. The first-order valence-corrected chi connectivity index (χ1v) is 13.4. The van der Waals surface area contributed by atoms with Crippen LogP contribution in [0.2, 0.25) is 42.8 Å². The van der Waals surface area contributed by atoms with Gasteiger partial charge in [0, 0.05) is 17.6 Å². The normalized spacial score (nSPS) is 13.0. The summed E-state index contributed by atoms with van der Waals surface area (Å²) in [5.74, 6) is 0. The molecule has 0 aliphatic rings. The first-order valence-electron chi connectivity index (χ1n) is 5.11. The molecule has 0 radical (unpaired) electrons. The van der Waals surface area contributed by atoms with Gasteiger partial charge in [0.15, 0.2) is 0 Å². The lowest BCUT2D eigenvalue weighted by atomic mass is 10.4. The molecule has 0 aliphatic heterocycles. The molecule has 1 rings (SSSR count). The van der Waals surface area contributed by atoms with Crippen molar-refractivity contribution in [3.63, 3.8) is 0 Å². The lowest BCUT2D eigenvalue weighted by Crippen LogP contribution is -2.61. The predicted octanol–water partition coefficient (Wildman–Crippen LogP) is 4.33. The van der Waals surface area contributed by atoms with Gasteiger partial charge in [0.25, 0.3) is 0 Å². The van der Waals surface area contributed by atoms with E-state index in [4.69, 9.17) is 23.2 Å². The van der Waals surface area contributed by atoms with E-state index in [1.165, 1.54) is 5.19 Å². The molecule has 4 heteroatoms. The van der Waals surface area contributed by atoms with Crippen molar-refractivity contribution in [2.75, 3.05) is 0 Å². The number of benzene rings is 1. The van der Waals surface area contributed by atoms with E-state index in [2.05, 4.69) is 44.9 Å². The SMILES string of the molecule is C[Si](C)(C)[Si](C)(C)c1cc(Cl)cc(Cl)c1. The van der Waals surface area contributed by atoms with Gasteiger partial charge in [-0.25, -0.2) is 0 Å². The lowest BCUT2D eigenvalue weighted by Gasteiger charge is -2.36. The Hall–Kier alpha value is 0.234. The number of hydrogen-bond donors (Lipinski definition) is 0. The Labute approximate surface area is 104 Å². The molecule has 0 saturated heterocycles. The van der Waals surface area contributed by atoms with Crippen molar-refractivity contribution < 1.29 is 0 Å². The van der Waals surface area contributed by atoms with Crippen LogP contribution in [0.1, 0.15) is 0 Å². The van der Waals surface area contributed by atoms with Crippen LogP contribution in [0.25, 0.3) is 0 Å². The molecule has 84 valence electrons. The second-order valence-corrected chi connectivity index (χ2v) is 23.0. The van der Waals surface area contributed by atoms with Gasteiger partial charge < -0.3 is 0 Å². The van der Waals surface area contributed by atoms with Crippen molar-refractivity contribution in [2.24, 2.45) is 0 Å². The van der Waals surface area contributed by atoms with Gasteiger partial charge >= 0.3 is 0 Å². The standard InChI is InChI=1S/C11H18Cl2Si2/c1-14(2,3)15(4,5)11-7-9(12)6-10(13)8-11/h6-8H,1-5H3. The molecule has 15 heavy (non-hydrogen) atoms. The van der Waals surface area contributed by atoms with E-state index < -0.39 is 15.2 Å². The zero-order valence-corrected chi connectivity index (χ0v) is 13.5. The third kappa shape index (κ3) is 2.87. The molecule has 0 N–H and O–H groups in total. The molecule has 0 aromatic heterocycles. The van der Waals surface area contributed by atoms with E-state index in [0.29, 0.717) is 0 Å². The molecule has 0 heterocycles. The van der Waals surface area contributed by atoms with Gasteiger partial charge in [-0.15, -0.1) is 0 Å². The van der Waals surface area contributed by atoms with Gasteiger partial charge in [-0.3, -0.25) is 0 Å². The molecular formula is C11H18Cl2Si2. The molecule has 0 fully saturated rings. The van der Waals surface area contributed by atoms with E-state index in [-0.39, 0.29) is 0 Å². The summed E-state index contributed by atoms with van der Waals surface area (Å²) in [6.45, 7) is 12.1.